The first-order valence-corrected chi connectivity index (χ1v) is 16.5. The van der Waals surface area contributed by atoms with E-state index in [2.05, 4.69) is 40.7 Å². The van der Waals surface area contributed by atoms with Crippen molar-refractivity contribution < 1.29 is 24.2 Å². The summed E-state index contributed by atoms with van der Waals surface area (Å²) in [6.45, 7) is 10.9. The number of aliphatic carboxylic acids is 1. The van der Waals surface area contributed by atoms with Crippen LogP contribution in [0.4, 0.5) is 4.79 Å². The van der Waals surface area contributed by atoms with Gasteiger partial charge in [-0.25, -0.2) is 19.6 Å². The number of hydrogen-bond acceptors (Lipinski definition) is 8. The second-order valence-corrected chi connectivity index (χ2v) is 13.0. The molecule has 13 heteroatoms. The number of rotatable bonds is 11. The van der Waals surface area contributed by atoms with Gasteiger partial charge in [0.2, 0.25) is 5.91 Å². The Kier molecular flexibility index (Phi) is 11.2. The van der Waals surface area contributed by atoms with Crippen LogP contribution in [0.1, 0.15) is 76.0 Å². The third-order valence-corrected chi connectivity index (χ3v) is 9.29. The van der Waals surface area contributed by atoms with Crippen molar-refractivity contribution in [3.05, 3.63) is 51.8 Å². The van der Waals surface area contributed by atoms with Crippen molar-refractivity contribution in [1.82, 2.24) is 30.1 Å². The van der Waals surface area contributed by atoms with Crippen LogP contribution in [-0.4, -0.2) is 86.6 Å². The zero-order valence-electron chi connectivity index (χ0n) is 27.2. The van der Waals surface area contributed by atoms with Crippen LogP contribution in [0.2, 0.25) is 0 Å². The third kappa shape index (κ3) is 7.75. The first kappa shape index (κ1) is 34.6. The van der Waals surface area contributed by atoms with Crippen molar-refractivity contribution in [3.63, 3.8) is 0 Å². The topological polar surface area (TPSA) is 158 Å². The van der Waals surface area contributed by atoms with Crippen molar-refractivity contribution in [2.75, 3.05) is 27.2 Å². The molecule has 1 unspecified atom stereocenters. The number of aromatic nitrogens is 3. The summed E-state index contributed by atoms with van der Waals surface area (Å²) < 4.78 is 5.31. The lowest BCUT2D eigenvalue weighted by Crippen LogP contribution is -2.54. The van der Waals surface area contributed by atoms with Gasteiger partial charge in [0.15, 0.2) is 10.8 Å². The van der Waals surface area contributed by atoms with E-state index < -0.39 is 17.6 Å². The number of ether oxygens (including phenoxy) is 1. The predicted molar refractivity (Wildman–Crippen MR) is 178 cm³/mol. The molecule has 3 amide bonds. The summed E-state index contributed by atoms with van der Waals surface area (Å²) in [5.41, 5.74) is 1.25. The van der Waals surface area contributed by atoms with Crippen LogP contribution >= 0.6 is 11.3 Å². The molecule has 12 nitrogen and oxygen atoms in total. The van der Waals surface area contributed by atoms with Gasteiger partial charge in [-0.2, -0.15) is 0 Å². The fourth-order valence-electron chi connectivity index (χ4n) is 5.36. The number of carbonyl (C=O) groups is 3. The van der Waals surface area contributed by atoms with Crippen molar-refractivity contribution in [3.8, 4) is 16.6 Å². The second kappa shape index (κ2) is 14.9. The average molecular weight is 653 g/mol. The fourth-order valence-corrected chi connectivity index (χ4v) is 6.29. The van der Waals surface area contributed by atoms with Gasteiger partial charge in [0.05, 0.1) is 23.7 Å². The number of aromatic amines is 1. The lowest BCUT2D eigenvalue weighted by molar-refractivity contribution is -0.143. The van der Waals surface area contributed by atoms with Crippen LogP contribution in [0, 0.1) is 6.92 Å². The molecule has 3 aromatic rings. The van der Waals surface area contributed by atoms with Crippen LogP contribution in [0.25, 0.3) is 21.7 Å². The molecule has 2 aliphatic rings. The van der Waals surface area contributed by atoms with E-state index in [0.29, 0.717) is 55.0 Å². The number of amides is 3. The maximum absolute atomic E-state index is 12.6. The minimum Gasteiger partial charge on any atom is -0.496 e. The number of nitrogens with one attached hydrogen (secondary N) is 2. The number of aryl methyl sites for hydroxylation is 1. The summed E-state index contributed by atoms with van der Waals surface area (Å²) in [4.78, 5) is 63.7. The van der Waals surface area contributed by atoms with Gasteiger partial charge < -0.3 is 29.9 Å². The number of unbranched alkanes of at least 4 members (excludes halogenated alkanes) is 2. The van der Waals surface area contributed by atoms with E-state index in [1.807, 2.05) is 18.4 Å². The minimum atomic E-state index is -1.11. The van der Waals surface area contributed by atoms with E-state index in [1.54, 1.807) is 36.1 Å². The van der Waals surface area contributed by atoms with E-state index in [9.17, 15) is 24.3 Å². The number of nitrogens with zero attached hydrogens (tertiary/aromatic N) is 4. The highest BCUT2D eigenvalue weighted by atomic mass is 32.1. The third-order valence-electron chi connectivity index (χ3n) is 8.42. The summed E-state index contributed by atoms with van der Waals surface area (Å²) in [6.07, 6.45) is 6.90. The molecule has 1 aromatic carbocycles. The number of fused-ring (bicyclic) bond motifs is 1. The Morgan fingerprint density at radius 3 is 2.63 bits per heavy atom. The minimum absolute atomic E-state index is 0.160. The number of methoxy groups -OCH3 is 1. The van der Waals surface area contributed by atoms with E-state index in [-0.39, 0.29) is 17.5 Å². The molecule has 248 valence electrons. The highest BCUT2D eigenvalue weighted by Crippen LogP contribution is 2.36. The Labute approximate surface area is 272 Å². The molecular formula is C33H44N6O6S. The zero-order valence-corrected chi connectivity index (χ0v) is 28.0. The molecule has 5 rings (SSSR count). The average Bonchev–Trinajstić information content (AvgIpc) is 3.41. The molecule has 0 bridgehead atoms. The summed E-state index contributed by atoms with van der Waals surface area (Å²) in [5, 5.41) is 15.1. The molecule has 3 N–H and O–H groups in total. The number of hydrogen-bond donors (Lipinski definition) is 3. The molecule has 1 saturated carbocycles. The molecule has 2 fully saturated rings. The number of carboxylic acid groups (broad SMARTS) is 1. The first-order chi connectivity index (χ1) is 21.9. The number of carbonyl (C=O) groups excluding carboxylic acids is 2. The summed E-state index contributed by atoms with van der Waals surface area (Å²) in [7, 11) is 3.35. The van der Waals surface area contributed by atoms with Crippen LogP contribution in [0.15, 0.2) is 35.0 Å². The van der Waals surface area contributed by atoms with Crippen LogP contribution in [0.5, 0.6) is 5.75 Å². The predicted octanol–water partition coefficient (Wildman–Crippen LogP) is 5.08. The number of urea groups is 1. The second-order valence-electron chi connectivity index (χ2n) is 12.2. The lowest BCUT2D eigenvalue weighted by atomic mass is 10.1. The molecule has 1 aliphatic heterocycles. The Morgan fingerprint density at radius 1 is 1.28 bits per heavy atom. The molecule has 46 heavy (non-hydrogen) atoms. The van der Waals surface area contributed by atoms with Crippen LogP contribution in [-0.2, 0) is 9.59 Å². The summed E-state index contributed by atoms with van der Waals surface area (Å²) in [5.74, 6) is 0.232. The molecule has 0 spiro atoms. The van der Waals surface area contributed by atoms with Gasteiger partial charge in [0.1, 0.15) is 17.3 Å². The fraction of sp³-hybridized carbons (Fsp3) is 0.515. The standard InChI is InChI=1S/C17H27N3O4.C16H17N3O2S/c1-3-4-5-6-11-19(2)16(24)20-12-7-8-13(20)14(21)18-17(9-10-17)15(22)23;1-8(2)11-7-22-16(17-11)14-18-13-9(3)12(21-4)6-5-10(13)15(20)19-14/h3,13H,1,4-12H2,2H3,(H,18,21)(H,22,23);5-8H,1-4H3,(H,18,19,20). The van der Waals surface area contributed by atoms with E-state index in [1.165, 1.54) is 11.3 Å². The number of likely N-dealkylation sites (tertiary alicyclic amines) is 1. The van der Waals surface area contributed by atoms with Crippen LogP contribution < -0.4 is 15.6 Å². The first-order valence-electron chi connectivity index (χ1n) is 15.6. The van der Waals surface area contributed by atoms with Gasteiger partial charge in [-0.05, 0) is 69.9 Å². The Bertz CT molecular complexity index is 1640. The molecule has 1 saturated heterocycles. The van der Waals surface area contributed by atoms with Crippen molar-refractivity contribution >= 4 is 40.1 Å². The number of H-pyrrole nitrogens is 1. The van der Waals surface area contributed by atoms with Gasteiger partial charge in [-0.15, -0.1) is 17.9 Å². The Balaban J connectivity index is 0.000000209. The highest BCUT2D eigenvalue weighted by Gasteiger charge is 2.53. The van der Waals surface area contributed by atoms with Crippen molar-refractivity contribution in [1.29, 1.82) is 0 Å². The smallest absolute Gasteiger partial charge is 0.329 e. The van der Waals surface area contributed by atoms with Gasteiger partial charge in [-0.1, -0.05) is 19.9 Å². The normalized spacial score (nSPS) is 16.5. The lowest BCUT2D eigenvalue weighted by Gasteiger charge is -2.29. The van der Waals surface area contributed by atoms with Gasteiger partial charge in [-0.3, -0.25) is 9.59 Å². The Hall–Kier alpha value is -4.26. The van der Waals surface area contributed by atoms with Gasteiger partial charge >= 0.3 is 12.0 Å². The van der Waals surface area contributed by atoms with E-state index >= 15 is 0 Å². The molecule has 2 aromatic heterocycles. The number of benzene rings is 1. The zero-order chi connectivity index (χ0) is 33.6. The summed E-state index contributed by atoms with van der Waals surface area (Å²) in [6, 6.07) is 2.79. The largest absolute Gasteiger partial charge is 0.496 e. The highest BCUT2D eigenvalue weighted by molar-refractivity contribution is 7.13. The monoisotopic (exact) mass is 652 g/mol. The number of carboxylic acids is 1. The molecular weight excluding hydrogens is 608 g/mol. The molecule has 1 atom stereocenters. The van der Waals surface area contributed by atoms with Crippen molar-refractivity contribution in [2.24, 2.45) is 0 Å². The number of allylic oxidation sites excluding steroid dienone is 1. The van der Waals surface area contributed by atoms with E-state index in [0.717, 1.165) is 47.7 Å². The molecule has 3 heterocycles. The van der Waals surface area contributed by atoms with Gasteiger partial charge in [0.25, 0.3) is 5.56 Å². The Morgan fingerprint density at radius 2 is 2.02 bits per heavy atom. The maximum Gasteiger partial charge on any atom is 0.329 e. The van der Waals surface area contributed by atoms with E-state index in [4.69, 9.17) is 4.74 Å². The summed E-state index contributed by atoms with van der Waals surface area (Å²) >= 11 is 1.49. The maximum atomic E-state index is 12.6. The molecule has 1 aliphatic carbocycles. The SMILES string of the molecule is C=CCCCCN(C)C(=O)N1CCCC1C(=O)NC1(C(=O)O)CC1.COc1ccc2c(=O)[nH]c(-c3nc(C(C)C)cs3)nc2c1C. The quantitative estimate of drug-likeness (QED) is 0.191. The molecule has 0 radical (unpaired) electrons. The van der Waals surface area contributed by atoms with Crippen molar-refractivity contribution in [2.45, 2.75) is 83.2 Å². The van der Waals surface area contributed by atoms with Crippen LogP contribution in [0.3, 0.4) is 0 Å². The number of thiazole rings is 1. The van der Waals surface area contributed by atoms with Gasteiger partial charge in [0, 0.05) is 31.1 Å².